The van der Waals surface area contributed by atoms with Crippen molar-refractivity contribution in [1.82, 2.24) is 10.2 Å². The van der Waals surface area contributed by atoms with Crippen molar-refractivity contribution in [2.45, 2.75) is 43.9 Å². The zero-order chi connectivity index (χ0) is 10.5. The van der Waals surface area contributed by atoms with E-state index in [-0.39, 0.29) is 0 Å². The minimum atomic E-state index is 0.819. The van der Waals surface area contributed by atoms with Crippen LogP contribution in [0, 0.1) is 0 Å². The number of thioether (sulfide) groups is 1. The first kappa shape index (κ1) is 11.7. The van der Waals surface area contributed by atoms with Crippen LogP contribution in [0.15, 0.2) is 0 Å². The molecule has 2 atom stereocenters. The lowest BCUT2D eigenvalue weighted by atomic mass is 10.1. The van der Waals surface area contributed by atoms with Gasteiger partial charge in [-0.3, -0.25) is 0 Å². The molecular weight excluding hydrogens is 204 g/mol. The topological polar surface area (TPSA) is 15.3 Å². The average Bonchev–Trinajstić information content (AvgIpc) is 2.79. The molecule has 2 aliphatic heterocycles. The van der Waals surface area contributed by atoms with Crippen LogP contribution in [0.2, 0.25) is 0 Å². The summed E-state index contributed by atoms with van der Waals surface area (Å²) < 4.78 is 0. The Morgan fingerprint density at radius 1 is 1.47 bits per heavy atom. The Hall–Kier alpha value is 0.270. The van der Waals surface area contributed by atoms with Gasteiger partial charge in [-0.25, -0.2) is 0 Å². The van der Waals surface area contributed by atoms with E-state index in [9.17, 15) is 0 Å². The molecule has 2 rings (SSSR count). The molecule has 2 aliphatic rings. The molecule has 0 amide bonds. The Morgan fingerprint density at radius 3 is 3.13 bits per heavy atom. The van der Waals surface area contributed by atoms with Gasteiger partial charge >= 0.3 is 0 Å². The van der Waals surface area contributed by atoms with Gasteiger partial charge in [0.2, 0.25) is 0 Å². The van der Waals surface area contributed by atoms with Crippen molar-refractivity contribution in [3.63, 3.8) is 0 Å². The van der Waals surface area contributed by atoms with Gasteiger partial charge in [-0.2, -0.15) is 11.8 Å². The van der Waals surface area contributed by atoms with E-state index < -0.39 is 0 Å². The third-order valence-corrected chi connectivity index (χ3v) is 5.01. The molecule has 0 aliphatic carbocycles. The number of hydrogen-bond acceptors (Lipinski definition) is 3. The highest BCUT2D eigenvalue weighted by Gasteiger charge is 2.20. The number of nitrogens with one attached hydrogen (secondary N) is 1. The summed E-state index contributed by atoms with van der Waals surface area (Å²) in [6.45, 7) is 7.52. The van der Waals surface area contributed by atoms with Gasteiger partial charge in [-0.05, 0) is 38.8 Å². The molecular formula is C12H24N2S. The molecule has 0 aromatic carbocycles. The van der Waals surface area contributed by atoms with E-state index in [0.29, 0.717) is 0 Å². The van der Waals surface area contributed by atoms with Crippen LogP contribution in [-0.4, -0.2) is 48.1 Å². The Bertz CT molecular complexity index is 180. The van der Waals surface area contributed by atoms with E-state index in [1.165, 1.54) is 57.6 Å². The van der Waals surface area contributed by atoms with E-state index in [4.69, 9.17) is 0 Å². The molecule has 0 aromatic rings. The van der Waals surface area contributed by atoms with Crippen molar-refractivity contribution in [2.24, 2.45) is 0 Å². The maximum absolute atomic E-state index is 3.59. The first-order valence-electron chi connectivity index (χ1n) is 6.46. The van der Waals surface area contributed by atoms with Gasteiger partial charge in [0.1, 0.15) is 0 Å². The van der Waals surface area contributed by atoms with Gasteiger partial charge in [-0.1, -0.05) is 6.92 Å². The average molecular weight is 228 g/mol. The molecule has 3 heteroatoms. The second-order valence-electron chi connectivity index (χ2n) is 4.78. The van der Waals surface area contributed by atoms with Crippen LogP contribution in [0.1, 0.15) is 32.6 Å². The zero-order valence-electron chi connectivity index (χ0n) is 9.87. The summed E-state index contributed by atoms with van der Waals surface area (Å²) in [6.07, 6.45) is 5.49. The van der Waals surface area contributed by atoms with Gasteiger partial charge in [0.05, 0.1) is 0 Å². The Labute approximate surface area is 98.2 Å². The fourth-order valence-electron chi connectivity index (χ4n) is 2.57. The van der Waals surface area contributed by atoms with Crippen LogP contribution >= 0.6 is 11.8 Å². The molecule has 2 heterocycles. The lowest BCUT2D eigenvalue weighted by molar-refractivity contribution is 0.266. The van der Waals surface area contributed by atoms with E-state index in [0.717, 1.165) is 11.3 Å². The van der Waals surface area contributed by atoms with Crippen molar-refractivity contribution in [3.8, 4) is 0 Å². The molecule has 2 saturated heterocycles. The predicted octanol–water partition coefficient (Wildman–Crippen LogP) is 1.96. The fraction of sp³-hybridized carbons (Fsp3) is 1.00. The van der Waals surface area contributed by atoms with E-state index in [1.54, 1.807) is 0 Å². The van der Waals surface area contributed by atoms with Gasteiger partial charge in [0.15, 0.2) is 0 Å². The van der Waals surface area contributed by atoms with Crippen LogP contribution < -0.4 is 5.32 Å². The van der Waals surface area contributed by atoms with Crippen LogP contribution in [-0.2, 0) is 0 Å². The van der Waals surface area contributed by atoms with E-state index >= 15 is 0 Å². The first-order chi connectivity index (χ1) is 7.38. The highest BCUT2D eigenvalue weighted by atomic mass is 32.2. The molecule has 0 radical (unpaired) electrons. The molecule has 0 bridgehead atoms. The Kier molecular flexibility index (Phi) is 4.79. The Morgan fingerprint density at radius 2 is 2.40 bits per heavy atom. The third-order valence-electron chi connectivity index (χ3n) is 3.63. The van der Waals surface area contributed by atoms with E-state index in [2.05, 4.69) is 28.9 Å². The van der Waals surface area contributed by atoms with Gasteiger partial charge in [-0.15, -0.1) is 0 Å². The quantitative estimate of drug-likeness (QED) is 0.792. The maximum Gasteiger partial charge on any atom is 0.0172 e. The van der Waals surface area contributed by atoms with Crippen molar-refractivity contribution in [1.29, 1.82) is 0 Å². The van der Waals surface area contributed by atoms with Gasteiger partial charge < -0.3 is 10.2 Å². The molecule has 15 heavy (non-hydrogen) atoms. The number of nitrogens with zero attached hydrogens (tertiary/aromatic N) is 1. The van der Waals surface area contributed by atoms with Crippen LogP contribution in [0.3, 0.4) is 0 Å². The third kappa shape index (κ3) is 3.65. The SMILES string of the molecule is CCC1CN(CCC2CCCN2)CCS1. The maximum atomic E-state index is 3.59. The van der Waals surface area contributed by atoms with Crippen molar-refractivity contribution < 1.29 is 0 Å². The smallest absolute Gasteiger partial charge is 0.0172 e. The van der Waals surface area contributed by atoms with Crippen LogP contribution in [0.4, 0.5) is 0 Å². The van der Waals surface area contributed by atoms with Crippen molar-refractivity contribution >= 4 is 11.8 Å². The van der Waals surface area contributed by atoms with Gasteiger partial charge in [0.25, 0.3) is 0 Å². The monoisotopic (exact) mass is 228 g/mol. The van der Waals surface area contributed by atoms with Gasteiger partial charge in [0, 0.05) is 30.1 Å². The zero-order valence-corrected chi connectivity index (χ0v) is 10.7. The lowest BCUT2D eigenvalue weighted by Crippen LogP contribution is -2.39. The molecule has 0 saturated carbocycles. The standard InChI is InChI=1S/C12H24N2S/c1-2-12-10-14(8-9-15-12)7-5-11-4-3-6-13-11/h11-13H,2-10H2,1H3. The summed E-state index contributed by atoms with van der Waals surface area (Å²) in [5.41, 5.74) is 0. The number of hydrogen-bond donors (Lipinski definition) is 1. The largest absolute Gasteiger partial charge is 0.314 e. The summed E-state index contributed by atoms with van der Waals surface area (Å²) in [5, 5.41) is 4.49. The second-order valence-corrected chi connectivity index (χ2v) is 6.19. The van der Waals surface area contributed by atoms with Crippen LogP contribution in [0.5, 0.6) is 0 Å². The number of rotatable bonds is 4. The first-order valence-corrected chi connectivity index (χ1v) is 7.50. The molecule has 2 unspecified atom stereocenters. The van der Waals surface area contributed by atoms with Crippen LogP contribution in [0.25, 0.3) is 0 Å². The molecule has 2 nitrogen and oxygen atoms in total. The molecule has 88 valence electrons. The van der Waals surface area contributed by atoms with E-state index in [1.807, 2.05) is 0 Å². The summed E-state index contributed by atoms with van der Waals surface area (Å²) in [6, 6.07) is 0.819. The minimum absolute atomic E-state index is 0.819. The van der Waals surface area contributed by atoms with Crippen molar-refractivity contribution in [2.75, 3.05) is 31.9 Å². The normalized spacial score (nSPS) is 33.4. The highest BCUT2D eigenvalue weighted by Crippen LogP contribution is 2.21. The summed E-state index contributed by atoms with van der Waals surface area (Å²) >= 11 is 2.17. The van der Waals surface area contributed by atoms with Crippen molar-refractivity contribution in [3.05, 3.63) is 0 Å². The molecule has 1 N–H and O–H groups in total. The summed E-state index contributed by atoms with van der Waals surface area (Å²) in [5.74, 6) is 1.34. The lowest BCUT2D eigenvalue weighted by Gasteiger charge is -2.32. The highest BCUT2D eigenvalue weighted by molar-refractivity contribution is 8.00. The Balaban J connectivity index is 1.65. The molecule has 2 fully saturated rings. The fourth-order valence-corrected chi connectivity index (χ4v) is 3.82. The second kappa shape index (κ2) is 6.12. The molecule has 0 aromatic heterocycles. The summed E-state index contributed by atoms with van der Waals surface area (Å²) in [7, 11) is 0. The molecule has 0 spiro atoms. The summed E-state index contributed by atoms with van der Waals surface area (Å²) in [4.78, 5) is 2.67. The predicted molar refractivity (Wildman–Crippen MR) is 68.6 cm³/mol. The minimum Gasteiger partial charge on any atom is -0.314 e.